The van der Waals surface area contributed by atoms with E-state index in [0.717, 1.165) is 48.2 Å². The van der Waals surface area contributed by atoms with Crippen LogP contribution in [-0.4, -0.2) is 51.3 Å². The zero-order valence-corrected chi connectivity index (χ0v) is 28.5. The third kappa shape index (κ3) is 4.72. The Morgan fingerprint density at radius 2 is 1.60 bits per heavy atom. The van der Waals surface area contributed by atoms with Crippen LogP contribution in [0.1, 0.15) is 74.5 Å². The standard InChI is InChI=1S/C41H43N3O6/c1-3-50-33-16-10-15-30(36(33)45)35-28-21-22-29-34(39(48)43(37(29)46)27-13-8-5-9-14-27)31(28)23-32-38(47)44(42-26-19-17-24(2)18-20-26)40(49)41(32,35)25-11-6-4-7-12-25/h4,6-7,10-12,15-21,27,29,31-32,34-35,42,45H,3,5,8-9,13-14,22-23H2,1-2H3. The molecule has 6 atom stereocenters. The molecule has 258 valence electrons. The molecule has 9 heteroatoms. The molecule has 6 unspecified atom stereocenters. The van der Waals surface area contributed by atoms with Gasteiger partial charge in [-0.15, -0.1) is 0 Å². The molecule has 3 aromatic carbocycles. The normalized spacial score (nSPS) is 29.4. The number of nitrogens with zero attached hydrogens (tertiary/aromatic N) is 2. The molecule has 2 heterocycles. The van der Waals surface area contributed by atoms with Crippen molar-refractivity contribution in [2.24, 2.45) is 23.7 Å². The van der Waals surface area contributed by atoms with E-state index in [-0.39, 0.29) is 35.8 Å². The first-order valence-corrected chi connectivity index (χ1v) is 18.1. The smallest absolute Gasteiger partial charge is 0.260 e. The third-order valence-corrected chi connectivity index (χ3v) is 12.0. The van der Waals surface area contributed by atoms with E-state index < -0.39 is 46.8 Å². The maximum Gasteiger partial charge on any atom is 0.260 e. The summed E-state index contributed by atoms with van der Waals surface area (Å²) >= 11 is 0. The number of anilines is 1. The summed E-state index contributed by atoms with van der Waals surface area (Å²) in [5, 5.41) is 13.1. The van der Waals surface area contributed by atoms with E-state index in [1.54, 1.807) is 23.1 Å². The van der Waals surface area contributed by atoms with Gasteiger partial charge in [0.2, 0.25) is 11.8 Å². The van der Waals surface area contributed by atoms with Gasteiger partial charge >= 0.3 is 0 Å². The molecule has 2 aliphatic heterocycles. The Hall–Kier alpha value is -4.92. The van der Waals surface area contributed by atoms with Crippen molar-refractivity contribution in [3.63, 3.8) is 0 Å². The quantitative estimate of drug-likeness (QED) is 0.220. The molecular formula is C41H43N3O6. The van der Waals surface area contributed by atoms with Gasteiger partial charge in [-0.1, -0.05) is 91.1 Å². The minimum atomic E-state index is -1.46. The number of hydrogen-bond acceptors (Lipinski definition) is 7. The van der Waals surface area contributed by atoms with Crippen molar-refractivity contribution in [1.82, 2.24) is 9.91 Å². The fourth-order valence-electron chi connectivity index (χ4n) is 9.86. The zero-order chi connectivity index (χ0) is 34.7. The molecule has 0 spiro atoms. The van der Waals surface area contributed by atoms with Gasteiger partial charge in [0.15, 0.2) is 11.5 Å². The first-order chi connectivity index (χ1) is 24.3. The average molecular weight is 674 g/mol. The number of hydrogen-bond donors (Lipinski definition) is 2. The topological polar surface area (TPSA) is 116 Å². The van der Waals surface area contributed by atoms with Crippen LogP contribution in [0.2, 0.25) is 0 Å². The summed E-state index contributed by atoms with van der Waals surface area (Å²) in [7, 11) is 0. The van der Waals surface area contributed by atoms with Gasteiger partial charge in [0.25, 0.3) is 11.8 Å². The number of aromatic hydroxyl groups is 1. The number of ether oxygens (including phenoxy) is 1. The number of carbonyl (C=O) groups is 4. The highest BCUT2D eigenvalue weighted by Crippen LogP contribution is 2.65. The van der Waals surface area contributed by atoms with Gasteiger partial charge < -0.3 is 9.84 Å². The van der Waals surface area contributed by atoms with Crippen LogP contribution in [0.4, 0.5) is 5.69 Å². The molecular weight excluding hydrogens is 630 g/mol. The van der Waals surface area contributed by atoms with E-state index in [9.17, 15) is 19.5 Å². The average Bonchev–Trinajstić information content (AvgIpc) is 3.52. The molecule has 0 aromatic heterocycles. The second-order valence-corrected chi connectivity index (χ2v) is 14.6. The van der Waals surface area contributed by atoms with Gasteiger partial charge in [-0.2, -0.15) is 5.01 Å². The number of para-hydroxylation sites is 1. The number of phenols is 1. The Labute approximate surface area is 292 Å². The number of rotatable bonds is 7. The van der Waals surface area contributed by atoms with Crippen LogP contribution in [0.3, 0.4) is 0 Å². The zero-order valence-electron chi connectivity index (χ0n) is 28.5. The minimum Gasteiger partial charge on any atom is -0.504 e. The molecule has 3 aromatic rings. The van der Waals surface area contributed by atoms with Crippen LogP contribution in [0.5, 0.6) is 11.5 Å². The van der Waals surface area contributed by atoms with E-state index in [1.165, 1.54) is 0 Å². The highest BCUT2D eigenvalue weighted by molar-refractivity contribution is 6.13. The summed E-state index contributed by atoms with van der Waals surface area (Å²) in [6.07, 6.45) is 7.32. The van der Waals surface area contributed by atoms with Crippen molar-refractivity contribution in [2.45, 2.75) is 76.2 Å². The molecule has 3 aliphatic carbocycles. The number of aryl methyl sites for hydroxylation is 1. The van der Waals surface area contributed by atoms with Gasteiger partial charge in [-0.3, -0.25) is 29.5 Å². The van der Waals surface area contributed by atoms with Crippen molar-refractivity contribution in [3.05, 3.63) is 101 Å². The van der Waals surface area contributed by atoms with Crippen LogP contribution in [-0.2, 0) is 24.6 Å². The summed E-state index contributed by atoms with van der Waals surface area (Å²) in [4.78, 5) is 60.2. The minimum absolute atomic E-state index is 0.0973. The van der Waals surface area contributed by atoms with Crippen LogP contribution >= 0.6 is 0 Å². The van der Waals surface area contributed by atoms with Gasteiger partial charge in [0.05, 0.1) is 35.5 Å². The summed E-state index contributed by atoms with van der Waals surface area (Å²) in [5.74, 6) is -4.24. The SMILES string of the molecule is CCOc1cccc(C2C3=CCC4C(=O)N(C5CCCCC5)C(=O)C4C3CC3C(=O)N(Nc4ccc(C)cc4)C(=O)C32c2ccccc2)c1O. The second kappa shape index (κ2) is 12.4. The number of allylic oxidation sites excluding steroid dienone is 2. The highest BCUT2D eigenvalue weighted by atomic mass is 16.5. The Morgan fingerprint density at radius 1 is 0.860 bits per heavy atom. The fraction of sp³-hybridized carbons (Fsp3) is 0.415. The van der Waals surface area contributed by atoms with Crippen LogP contribution < -0.4 is 10.2 Å². The Kier molecular flexibility index (Phi) is 8.04. The molecule has 2 N–H and O–H groups in total. The number of amides is 4. The summed E-state index contributed by atoms with van der Waals surface area (Å²) in [6, 6.07) is 22.0. The molecule has 8 rings (SSSR count). The Balaban J connectivity index is 1.32. The lowest BCUT2D eigenvalue weighted by atomic mass is 9.49. The molecule has 4 fully saturated rings. The maximum atomic E-state index is 15.3. The number of fused-ring (bicyclic) bond motifs is 4. The number of nitrogens with one attached hydrogen (secondary N) is 1. The van der Waals surface area contributed by atoms with Crippen molar-refractivity contribution >= 4 is 29.3 Å². The predicted octanol–water partition coefficient (Wildman–Crippen LogP) is 6.42. The van der Waals surface area contributed by atoms with Crippen LogP contribution in [0.25, 0.3) is 0 Å². The largest absolute Gasteiger partial charge is 0.504 e. The number of carbonyl (C=O) groups excluding carboxylic acids is 4. The fourth-order valence-corrected chi connectivity index (χ4v) is 9.86. The van der Waals surface area contributed by atoms with Crippen LogP contribution in [0.15, 0.2) is 84.4 Å². The van der Waals surface area contributed by atoms with Crippen molar-refractivity contribution < 1.29 is 29.0 Å². The third-order valence-electron chi connectivity index (χ3n) is 12.0. The molecule has 0 bridgehead atoms. The summed E-state index contributed by atoms with van der Waals surface area (Å²) in [5.41, 5.74) is 5.23. The van der Waals surface area contributed by atoms with Crippen LogP contribution in [0, 0.1) is 30.6 Å². The lowest BCUT2D eigenvalue weighted by molar-refractivity contribution is -0.144. The predicted molar refractivity (Wildman–Crippen MR) is 187 cm³/mol. The van der Waals surface area contributed by atoms with E-state index in [0.29, 0.717) is 29.8 Å². The van der Waals surface area contributed by atoms with E-state index >= 15 is 4.79 Å². The van der Waals surface area contributed by atoms with Crippen molar-refractivity contribution in [3.8, 4) is 11.5 Å². The number of hydrazine groups is 1. The first-order valence-electron chi connectivity index (χ1n) is 18.1. The second-order valence-electron chi connectivity index (χ2n) is 14.6. The lowest BCUT2D eigenvalue weighted by Crippen LogP contribution is -2.53. The molecule has 9 nitrogen and oxygen atoms in total. The monoisotopic (exact) mass is 673 g/mol. The van der Waals surface area contributed by atoms with E-state index in [1.807, 2.05) is 74.5 Å². The van der Waals surface area contributed by atoms with Crippen molar-refractivity contribution in [1.29, 1.82) is 0 Å². The lowest BCUT2D eigenvalue weighted by Gasteiger charge is -2.50. The number of phenolic OH excluding ortho intramolecular Hbond substituents is 1. The number of likely N-dealkylation sites (tertiary alicyclic amines) is 1. The highest BCUT2D eigenvalue weighted by Gasteiger charge is 2.70. The summed E-state index contributed by atoms with van der Waals surface area (Å²) < 4.78 is 5.84. The molecule has 0 radical (unpaired) electrons. The number of benzene rings is 3. The Bertz CT molecular complexity index is 1880. The Morgan fingerprint density at radius 3 is 2.32 bits per heavy atom. The summed E-state index contributed by atoms with van der Waals surface area (Å²) in [6.45, 7) is 4.13. The van der Waals surface area contributed by atoms with Gasteiger partial charge in [-0.05, 0) is 69.2 Å². The van der Waals surface area contributed by atoms with E-state index in [4.69, 9.17) is 4.74 Å². The maximum absolute atomic E-state index is 15.3. The van der Waals surface area contributed by atoms with E-state index in [2.05, 4.69) is 5.43 Å². The first kappa shape index (κ1) is 32.3. The molecule has 2 saturated heterocycles. The molecule has 2 saturated carbocycles. The number of imide groups is 2. The van der Waals surface area contributed by atoms with Gasteiger partial charge in [0.1, 0.15) is 0 Å². The van der Waals surface area contributed by atoms with Gasteiger partial charge in [0, 0.05) is 17.5 Å². The van der Waals surface area contributed by atoms with Crippen molar-refractivity contribution in [2.75, 3.05) is 12.0 Å². The molecule has 4 amide bonds. The molecule has 50 heavy (non-hydrogen) atoms. The van der Waals surface area contributed by atoms with Gasteiger partial charge in [-0.25, -0.2) is 0 Å². The molecule has 5 aliphatic rings.